The predicted octanol–water partition coefficient (Wildman–Crippen LogP) is 5.07. The second kappa shape index (κ2) is 7.55. The molecule has 0 spiro atoms. The van der Waals surface area contributed by atoms with E-state index in [2.05, 4.69) is 17.2 Å². The topological polar surface area (TPSA) is 38.1 Å². The van der Waals surface area contributed by atoms with Crippen molar-refractivity contribution in [3.8, 4) is 0 Å². The Balaban J connectivity index is 1.48. The summed E-state index contributed by atoms with van der Waals surface area (Å²) in [7, 11) is 1.79. The van der Waals surface area contributed by atoms with Gasteiger partial charge in [0.15, 0.2) is 0 Å². The lowest BCUT2D eigenvalue weighted by atomic mass is 10.2. The molecule has 0 fully saturated rings. The fourth-order valence-corrected chi connectivity index (χ4v) is 4.52. The minimum atomic E-state index is -0.0722. The molecule has 2 aromatic heterocycles. The van der Waals surface area contributed by atoms with E-state index in [-0.39, 0.29) is 5.91 Å². The van der Waals surface area contributed by atoms with Gasteiger partial charge in [0.05, 0.1) is 17.8 Å². The number of aromatic nitrogens is 2. The van der Waals surface area contributed by atoms with Gasteiger partial charge in [-0.3, -0.25) is 9.48 Å². The summed E-state index contributed by atoms with van der Waals surface area (Å²) in [5.74, 6) is -0.0722. The number of nitrogens with zero attached hydrogens (tertiary/aromatic N) is 3. The van der Waals surface area contributed by atoms with Crippen LogP contribution in [0.5, 0.6) is 0 Å². The average Bonchev–Trinajstić information content (AvgIpc) is 3.26. The van der Waals surface area contributed by atoms with Crippen molar-refractivity contribution in [1.29, 1.82) is 0 Å². The van der Waals surface area contributed by atoms with Crippen LogP contribution in [0.3, 0.4) is 0 Å². The second-order valence-electron chi connectivity index (χ2n) is 6.43. The number of hydrogen-bond donors (Lipinski definition) is 0. The first-order valence-electron chi connectivity index (χ1n) is 8.59. The Morgan fingerprint density at radius 3 is 2.63 bits per heavy atom. The van der Waals surface area contributed by atoms with E-state index in [1.54, 1.807) is 18.1 Å². The van der Waals surface area contributed by atoms with Crippen molar-refractivity contribution >= 4 is 38.9 Å². The quantitative estimate of drug-likeness (QED) is 0.473. The first kappa shape index (κ1) is 17.8. The summed E-state index contributed by atoms with van der Waals surface area (Å²) >= 11 is 7.87. The summed E-state index contributed by atoms with van der Waals surface area (Å²) in [4.78, 5) is 15.1. The standard InChI is InChI=1S/C21H18ClN3OS/c1-24(21(26)20-19(22)17-9-5-6-10-18(17)27-20)12-16-11-23-25(14-16)13-15-7-3-2-4-8-15/h2-11,14H,12-13H2,1H3. The monoisotopic (exact) mass is 395 g/mol. The van der Waals surface area contributed by atoms with Gasteiger partial charge in [-0.2, -0.15) is 5.10 Å². The Labute approximate surface area is 166 Å². The minimum absolute atomic E-state index is 0.0722. The summed E-state index contributed by atoms with van der Waals surface area (Å²) in [6.45, 7) is 1.19. The number of hydrogen-bond acceptors (Lipinski definition) is 3. The highest BCUT2D eigenvalue weighted by Gasteiger charge is 2.20. The van der Waals surface area contributed by atoms with Crippen LogP contribution in [-0.2, 0) is 13.1 Å². The first-order chi connectivity index (χ1) is 13.1. The van der Waals surface area contributed by atoms with Crippen molar-refractivity contribution in [2.75, 3.05) is 7.05 Å². The van der Waals surface area contributed by atoms with E-state index in [1.165, 1.54) is 16.9 Å². The molecule has 0 saturated heterocycles. The molecule has 0 atom stereocenters. The number of benzene rings is 2. The van der Waals surface area contributed by atoms with Gasteiger partial charge in [0.25, 0.3) is 5.91 Å². The van der Waals surface area contributed by atoms with Crippen LogP contribution in [0.15, 0.2) is 67.0 Å². The molecule has 0 aliphatic carbocycles. The third-order valence-corrected chi connectivity index (χ3v) is 6.03. The summed E-state index contributed by atoms with van der Waals surface area (Å²) in [6, 6.07) is 18.0. The van der Waals surface area contributed by atoms with E-state index in [0.717, 1.165) is 15.6 Å². The van der Waals surface area contributed by atoms with Crippen LogP contribution in [0.25, 0.3) is 10.1 Å². The largest absolute Gasteiger partial charge is 0.337 e. The molecule has 0 saturated carbocycles. The molecule has 2 aromatic carbocycles. The molecule has 0 aliphatic heterocycles. The Morgan fingerprint density at radius 2 is 1.85 bits per heavy atom. The molecule has 4 nitrogen and oxygen atoms in total. The van der Waals surface area contributed by atoms with Crippen LogP contribution < -0.4 is 0 Å². The van der Waals surface area contributed by atoms with Crippen LogP contribution in [0.2, 0.25) is 5.02 Å². The fourth-order valence-electron chi connectivity index (χ4n) is 3.02. The van der Waals surface area contributed by atoms with Crippen molar-refractivity contribution in [3.63, 3.8) is 0 Å². The molecule has 6 heteroatoms. The Hall–Kier alpha value is -2.63. The minimum Gasteiger partial charge on any atom is -0.337 e. The Kier molecular flexibility index (Phi) is 4.97. The fraction of sp³-hybridized carbons (Fsp3) is 0.143. The summed E-state index contributed by atoms with van der Waals surface area (Å²) in [5, 5.41) is 5.87. The number of carbonyl (C=O) groups is 1. The number of fused-ring (bicyclic) bond motifs is 1. The highest BCUT2D eigenvalue weighted by atomic mass is 35.5. The number of amides is 1. The third kappa shape index (κ3) is 3.75. The molecular formula is C21H18ClN3OS. The first-order valence-corrected chi connectivity index (χ1v) is 9.79. The van der Waals surface area contributed by atoms with Crippen molar-refractivity contribution in [3.05, 3.63) is 88.0 Å². The van der Waals surface area contributed by atoms with Crippen molar-refractivity contribution < 1.29 is 4.79 Å². The van der Waals surface area contributed by atoms with Gasteiger partial charge >= 0.3 is 0 Å². The van der Waals surface area contributed by atoms with Gasteiger partial charge in [-0.05, 0) is 11.6 Å². The van der Waals surface area contributed by atoms with Crippen LogP contribution in [0.4, 0.5) is 0 Å². The maximum atomic E-state index is 12.9. The van der Waals surface area contributed by atoms with Crippen molar-refractivity contribution in [1.82, 2.24) is 14.7 Å². The van der Waals surface area contributed by atoms with E-state index >= 15 is 0 Å². The van der Waals surface area contributed by atoms with E-state index in [9.17, 15) is 4.79 Å². The molecule has 2 heterocycles. The molecule has 136 valence electrons. The number of rotatable bonds is 5. The highest BCUT2D eigenvalue weighted by molar-refractivity contribution is 7.21. The van der Waals surface area contributed by atoms with Crippen LogP contribution in [0.1, 0.15) is 20.8 Å². The summed E-state index contributed by atoms with van der Waals surface area (Å²) < 4.78 is 2.91. The van der Waals surface area contributed by atoms with Crippen LogP contribution in [0, 0.1) is 0 Å². The van der Waals surface area contributed by atoms with Gasteiger partial charge in [0.1, 0.15) is 4.88 Å². The lowest BCUT2D eigenvalue weighted by Crippen LogP contribution is -2.25. The lowest BCUT2D eigenvalue weighted by Gasteiger charge is -2.15. The molecule has 0 aliphatic rings. The molecule has 1 amide bonds. The van der Waals surface area contributed by atoms with E-state index in [4.69, 9.17) is 11.6 Å². The van der Waals surface area contributed by atoms with E-state index in [0.29, 0.717) is 23.0 Å². The predicted molar refractivity (Wildman–Crippen MR) is 110 cm³/mol. The van der Waals surface area contributed by atoms with Crippen LogP contribution >= 0.6 is 22.9 Å². The van der Waals surface area contributed by atoms with Gasteiger partial charge in [0.2, 0.25) is 0 Å². The maximum Gasteiger partial charge on any atom is 0.265 e. The van der Waals surface area contributed by atoms with Gasteiger partial charge in [0, 0.05) is 35.4 Å². The normalized spacial score (nSPS) is 11.0. The molecule has 27 heavy (non-hydrogen) atoms. The number of halogens is 1. The summed E-state index contributed by atoms with van der Waals surface area (Å²) in [5.41, 5.74) is 2.17. The summed E-state index contributed by atoms with van der Waals surface area (Å²) in [6.07, 6.45) is 3.78. The zero-order chi connectivity index (χ0) is 18.8. The van der Waals surface area contributed by atoms with E-state index < -0.39 is 0 Å². The SMILES string of the molecule is CN(Cc1cnn(Cc2ccccc2)c1)C(=O)c1sc2ccccc2c1Cl. The third-order valence-electron chi connectivity index (χ3n) is 4.37. The molecule has 0 unspecified atom stereocenters. The van der Waals surface area contributed by atoms with Crippen molar-refractivity contribution in [2.45, 2.75) is 13.1 Å². The second-order valence-corrected chi connectivity index (χ2v) is 7.86. The molecule has 0 bridgehead atoms. The van der Waals surface area contributed by atoms with Gasteiger partial charge in [-0.15, -0.1) is 11.3 Å². The van der Waals surface area contributed by atoms with E-state index in [1.807, 2.05) is 53.3 Å². The zero-order valence-electron chi connectivity index (χ0n) is 14.8. The van der Waals surface area contributed by atoms with Crippen molar-refractivity contribution in [2.24, 2.45) is 0 Å². The lowest BCUT2D eigenvalue weighted by molar-refractivity contribution is 0.0790. The molecule has 0 radical (unpaired) electrons. The van der Waals surface area contributed by atoms with Gasteiger partial charge < -0.3 is 4.90 Å². The van der Waals surface area contributed by atoms with Gasteiger partial charge in [-0.1, -0.05) is 60.1 Å². The average molecular weight is 396 g/mol. The number of carbonyl (C=O) groups excluding carboxylic acids is 1. The Bertz CT molecular complexity index is 1090. The smallest absolute Gasteiger partial charge is 0.265 e. The molecule has 0 N–H and O–H groups in total. The Morgan fingerprint density at radius 1 is 1.11 bits per heavy atom. The highest BCUT2D eigenvalue weighted by Crippen LogP contribution is 2.35. The molecule has 4 aromatic rings. The van der Waals surface area contributed by atoms with Crippen LogP contribution in [-0.4, -0.2) is 27.6 Å². The molecule has 4 rings (SSSR count). The maximum absolute atomic E-state index is 12.9. The zero-order valence-corrected chi connectivity index (χ0v) is 16.4. The number of thiophene rings is 1. The van der Waals surface area contributed by atoms with Gasteiger partial charge in [-0.25, -0.2) is 0 Å². The molecular weight excluding hydrogens is 378 g/mol.